The van der Waals surface area contributed by atoms with E-state index in [9.17, 15) is 39.3 Å². The Morgan fingerprint density at radius 1 is 0.825 bits per heavy atom. The Balaban J connectivity index is 1.40. The highest BCUT2D eigenvalue weighted by Crippen LogP contribution is 2.64. The summed E-state index contributed by atoms with van der Waals surface area (Å²) in [6, 6.07) is 23.2. The molecule has 1 amide bonds. The number of carbonyl (C=O) groups excluding carboxylic acids is 6. The molecule has 3 N–H and O–H groups in total. The molecule has 0 spiro atoms. The third kappa shape index (κ3) is 7.43. The molecule has 1 heterocycles. The molecule has 15 heteroatoms. The molecule has 11 atom stereocenters. The third-order valence-corrected chi connectivity index (χ3v) is 13.9. The number of hydrogen-bond donors (Lipinski definition) is 3. The van der Waals surface area contributed by atoms with Crippen molar-refractivity contribution in [3.63, 3.8) is 0 Å². The van der Waals surface area contributed by atoms with E-state index in [1.165, 1.54) is 37.9 Å². The van der Waals surface area contributed by atoms with Crippen molar-refractivity contribution in [3.8, 4) is 0 Å². The van der Waals surface area contributed by atoms with E-state index in [0.717, 1.165) is 13.8 Å². The molecule has 0 radical (unpaired) electrons. The van der Waals surface area contributed by atoms with Crippen molar-refractivity contribution < 1.29 is 67.8 Å². The number of esters is 4. The van der Waals surface area contributed by atoms with Crippen LogP contribution in [0.15, 0.2) is 102 Å². The summed E-state index contributed by atoms with van der Waals surface area (Å²) in [6.07, 6.45) is -10.5. The lowest BCUT2D eigenvalue weighted by Crippen LogP contribution is -2.82. The van der Waals surface area contributed by atoms with Gasteiger partial charge in [-0.05, 0) is 54.8 Å². The number of carbonyl (C=O) groups is 6. The minimum Gasteiger partial charge on any atom is -0.456 e. The van der Waals surface area contributed by atoms with E-state index in [0.29, 0.717) is 11.1 Å². The number of ketones is 1. The number of aliphatic hydroxyl groups excluding tert-OH is 2. The molecule has 334 valence electrons. The van der Waals surface area contributed by atoms with E-state index < -0.39 is 113 Å². The maximum atomic E-state index is 15.5. The van der Waals surface area contributed by atoms with Crippen molar-refractivity contribution in [1.82, 2.24) is 4.90 Å². The van der Waals surface area contributed by atoms with Crippen molar-refractivity contribution in [2.75, 3.05) is 13.7 Å². The van der Waals surface area contributed by atoms with E-state index in [1.807, 2.05) is 0 Å². The number of rotatable bonds is 10. The van der Waals surface area contributed by atoms with Gasteiger partial charge in [0.1, 0.15) is 23.9 Å². The molecule has 2 saturated carbocycles. The second kappa shape index (κ2) is 16.8. The molecule has 2 bridgehead atoms. The van der Waals surface area contributed by atoms with Gasteiger partial charge >= 0.3 is 23.9 Å². The first-order valence-electron chi connectivity index (χ1n) is 20.9. The SMILES string of the molecule is CC(=O)O[C@H]1C(=O)[C@@]2(C)[C@H]([C@H](OC(=O)c3ccccc3)[C@]3(O)C[C@H](OC(=O)[C@H](O)[C@H](c4ccccc4)N(C)C(=O)c4ccccc4)C(C)=C1C3(C)C)[C@]1(OC(C)=O)CO[C@@H]1C[C@@H]2O. The van der Waals surface area contributed by atoms with Gasteiger partial charge in [0, 0.05) is 44.7 Å². The molecule has 3 aromatic carbocycles. The van der Waals surface area contributed by atoms with Crippen molar-refractivity contribution in [2.24, 2.45) is 16.7 Å². The van der Waals surface area contributed by atoms with Crippen LogP contribution in [-0.2, 0) is 42.9 Å². The Kier molecular flexibility index (Phi) is 12.0. The fourth-order valence-corrected chi connectivity index (χ4v) is 10.5. The van der Waals surface area contributed by atoms with Gasteiger partial charge in [0.05, 0.1) is 35.6 Å². The van der Waals surface area contributed by atoms with Crippen LogP contribution in [0.5, 0.6) is 0 Å². The molecule has 3 aromatic rings. The Bertz CT molecular complexity index is 2320. The van der Waals surface area contributed by atoms with Crippen LogP contribution in [0.1, 0.15) is 86.7 Å². The number of benzene rings is 3. The van der Waals surface area contributed by atoms with Gasteiger partial charge in [-0.1, -0.05) is 80.6 Å². The molecule has 3 aliphatic carbocycles. The molecule has 15 nitrogen and oxygen atoms in total. The standard InChI is InChI=1S/C48H53NO14/c1-26-32(61-44(57)37(53)36(29-17-11-8-12-18-29)49(7)42(55)30-19-13-9-14-20-30)24-48(58)41(62-43(56)31-21-15-10-16-22-31)39-46(6,33(52)23-34-47(39,25-59-34)63-28(3)51)40(54)38(60-27(2)50)35(26)45(48,4)5/h8-22,32-34,36-39,41,52-53,58H,23-25H2,1-7H3/t32-,33-,34+,36-,37+,38+,39-,41-,46+,47-,48+/m0/s1. The number of ether oxygens (including phenoxy) is 5. The summed E-state index contributed by atoms with van der Waals surface area (Å²) in [6.45, 7) is 8.00. The van der Waals surface area contributed by atoms with Crippen molar-refractivity contribution >= 4 is 35.6 Å². The summed E-state index contributed by atoms with van der Waals surface area (Å²) in [5.41, 5.74) is -6.94. The van der Waals surface area contributed by atoms with Gasteiger partial charge in [-0.3, -0.25) is 19.2 Å². The summed E-state index contributed by atoms with van der Waals surface area (Å²) in [4.78, 5) is 85.3. The number of amides is 1. The third-order valence-electron chi connectivity index (χ3n) is 13.9. The van der Waals surface area contributed by atoms with Gasteiger partial charge in [0.15, 0.2) is 23.6 Å². The van der Waals surface area contributed by atoms with E-state index in [4.69, 9.17) is 23.7 Å². The maximum absolute atomic E-state index is 15.5. The molecule has 4 aliphatic rings. The summed E-state index contributed by atoms with van der Waals surface area (Å²) in [5.74, 6) is -6.73. The van der Waals surface area contributed by atoms with Crippen LogP contribution in [0.4, 0.5) is 0 Å². The first kappa shape index (κ1) is 45.3. The summed E-state index contributed by atoms with van der Waals surface area (Å²) in [5, 5.41) is 37.8. The first-order valence-corrected chi connectivity index (χ1v) is 20.9. The Morgan fingerprint density at radius 2 is 1.40 bits per heavy atom. The van der Waals surface area contributed by atoms with Crippen LogP contribution in [0.2, 0.25) is 0 Å². The van der Waals surface area contributed by atoms with E-state index in [-0.39, 0.29) is 29.7 Å². The van der Waals surface area contributed by atoms with Gasteiger partial charge in [-0.2, -0.15) is 0 Å². The fraction of sp³-hybridized carbons (Fsp3) is 0.458. The molecule has 3 fully saturated rings. The van der Waals surface area contributed by atoms with Crippen LogP contribution >= 0.6 is 0 Å². The van der Waals surface area contributed by atoms with Crippen molar-refractivity contribution in [1.29, 1.82) is 0 Å². The Labute approximate surface area is 364 Å². The van der Waals surface area contributed by atoms with Gasteiger partial charge in [-0.15, -0.1) is 0 Å². The van der Waals surface area contributed by atoms with Crippen LogP contribution in [0.25, 0.3) is 0 Å². The zero-order chi connectivity index (χ0) is 45.8. The summed E-state index contributed by atoms with van der Waals surface area (Å²) in [7, 11) is 1.44. The summed E-state index contributed by atoms with van der Waals surface area (Å²) < 4.78 is 30.4. The second-order valence-electron chi connectivity index (χ2n) is 17.8. The quantitative estimate of drug-likeness (QED) is 0.149. The van der Waals surface area contributed by atoms with Gasteiger partial charge < -0.3 is 43.9 Å². The minimum absolute atomic E-state index is 0.000812. The number of hydrogen-bond acceptors (Lipinski definition) is 14. The maximum Gasteiger partial charge on any atom is 0.338 e. The zero-order valence-corrected chi connectivity index (χ0v) is 36.2. The second-order valence-corrected chi connectivity index (χ2v) is 17.8. The lowest BCUT2D eigenvalue weighted by Gasteiger charge is -2.67. The number of likely N-dealkylation sites (N-methyl/N-ethyl adjacent to an activating group) is 1. The van der Waals surface area contributed by atoms with Crippen LogP contribution in [-0.4, -0.2) is 117 Å². The molecule has 7 rings (SSSR count). The summed E-state index contributed by atoms with van der Waals surface area (Å²) >= 11 is 0. The average molecular weight is 868 g/mol. The first-order chi connectivity index (χ1) is 29.7. The van der Waals surface area contributed by atoms with Crippen LogP contribution < -0.4 is 0 Å². The van der Waals surface area contributed by atoms with Gasteiger partial charge in [-0.25, -0.2) is 9.59 Å². The molecular weight excluding hydrogens is 815 g/mol. The normalized spacial score (nSPS) is 31.6. The monoisotopic (exact) mass is 867 g/mol. The smallest absolute Gasteiger partial charge is 0.338 e. The highest BCUT2D eigenvalue weighted by atomic mass is 16.6. The number of fused-ring (bicyclic) bond motifs is 5. The molecule has 1 aliphatic heterocycles. The topological polar surface area (TPSA) is 212 Å². The average Bonchev–Trinajstić information content (AvgIpc) is 3.25. The fourth-order valence-electron chi connectivity index (χ4n) is 10.5. The Hall–Kier alpha value is -5.74. The lowest BCUT2D eigenvalue weighted by atomic mass is 9.44. The predicted molar refractivity (Wildman–Crippen MR) is 222 cm³/mol. The molecule has 63 heavy (non-hydrogen) atoms. The van der Waals surface area contributed by atoms with Gasteiger partial charge in [0.25, 0.3) is 5.91 Å². The molecule has 1 saturated heterocycles. The number of nitrogens with zero attached hydrogens (tertiary/aromatic N) is 1. The van der Waals surface area contributed by atoms with E-state index >= 15 is 4.79 Å². The minimum atomic E-state index is -2.39. The lowest BCUT2D eigenvalue weighted by molar-refractivity contribution is -0.346. The molecule has 0 unspecified atom stereocenters. The van der Waals surface area contributed by atoms with Crippen LogP contribution in [0.3, 0.4) is 0 Å². The van der Waals surface area contributed by atoms with Crippen LogP contribution in [0, 0.1) is 16.7 Å². The van der Waals surface area contributed by atoms with Gasteiger partial charge in [0.2, 0.25) is 0 Å². The van der Waals surface area contributed by atoms with Crippen molar-refractivity contribution in [3.05, 3.63) is 119 Å². The highest BCUT2D eigenvalue weighted by Gasteiger charge is 2.78. The number of Topliss-reactive ketones (excluding diaryl/α,β-unsaturated/α-hetero) is 1. The Morgan fingerprint density at radius 3 is 1.94 bits per heavy atom. The largest absolute Gasteiger partial charge is 0.456 e. The van der Waals surface area contributed by atoms with Crippen molar-refractivity contribution in [2.45, 2.75) is 108 Å². The van der Waals surface area contributed by atoms with E-state index in [1.54, 1.807) is 92.7 Å². The zero-order valence-electron chi connectivity index (χ0n) is 36.2. The highest BCUT2D eigenvalue weighted by molar-refractivity contribution is 5.96. The van der Waals surface area contributed by atoms with E-state index in [2.05, 4.69) is 0 Å². The number of aliphatic hydroxyl groups is 3. The molecular formula is C48H53NO14. The molecule has 0 aromatic heterocycles. The predicted octanol–water partition coefficient (Wildman–Crippen LogP) is 4.08.